The van der Waals surface area contributed by atoms with Crippen LogP contribution in [0.5, 0.6) is 0 Å². The fourth-order valence-electron chi connectivity index (χ4n) is 3.87. The van der Waals surface area contributed by atoms with Crippen LogP contribution in [-0.2, 0) is 7.05 Å². The summed E-state index contributed by atoms with van der Waals surface area (Å²) >= 11 is 0. The van der Waals surface area contributed by atoms with Crippen LogP contribution >= 0.6 is 0 Å². The lowest BCUT2D eigenvalue weighted by atomic mass is 10.1. The number of hydrogen-bond acceptors (Lipinski definition) is 6. The van der Waals surface area contributed by atoms with Gasteiger partial charge in [0, 0.05) is 50.4 Å². The minimum Gasteiger partial charge on any atom is -0.366 e. The molecule has 29 heavy (non-hydrogen) atoms. The summed E-state index contributed by atoms with van der Waals surface area (Å²) in [5.74, 6) is 0.987. The molecule has 2 aliphatic heterocycles. The zero-order valence-corrected chi connectivity index (χ0v) is 15.8. The molecule has 3 aromatic rings. The van der Waals surface area contributed by atoms with Gasteiger partial charge in [-0.2, -0.15) is 0 Å². The molecule has 5 heterocycles. The molecule has 1 N–H and O–H groups in total. The van der Waals surface area contributed by atoms with E-state index in [0.29, 0.717) is 17.3 Å². The third-order valence-corrected chi connectivity index (χ3v) is 5.37. The standard InChI is InChI=1S/C20H19N7O2/c1-25-8-4-13(10-18(25)28)15-2-3-16-19(23-15)27(14-5-9-26(16)12-14)20(29)24-17-11-21-6-7-22-17/h2-4,6-8,10-11,14H,5,9,12H2,1H3,(H,22,24,29)/t14-/m0/s1. The Kier molecular flexibility index (Phi) is 4.01. The van der Waals surface area contributed by atoms with Crippen molar-refractivity contribution in [3.63, 3.8) is 0 Å². The van der Waals surface area contributed by atoms with E-state index in [9.17, 15) is 9.59 Å². The van der Waals surface area contributed by atoms with E-state index in [1.807, 2.05) is 18.2 Å². The number of urea groups is 1. The topological polar surface area (TPSA) is 96.2 Å². The number of amides is 2. The number of nitrogens with zero attached hydrogens (tertiary/aromatic N) is 6. The summed E-state index contributed by atoms with van der Waals surface area (Å²) in [6, 6.07) is 7.01. The number of hydrogen-bond donors (Lipinski definition) is 1. The SMILES string of the molecule is Cn1ccc(-c2ccc3c(n2)N(C(=O)Nc2cnccn2)[C@H]2CCN3C2)cc1=O. The molecule has 146 valence electrons. The van der Waals surface area contributed by atoms with Crippen molar-refractivity contribution in [1.82, 2.24) is 19.5 Å². The summed E-state index contributed by atoms with van der Waals surface area (Å²) in [5, 5.41) is 2.81. The Hall–Kier alpha value is -3.75. The van der Waals surface area contributed by atoms with Crippen molar-refractivity contribution in [2.45, 2.75) is 12.5 Å². The number of nitrogens with one attached hydrogen (secondary N) is 1. The summed E-state index contributed by atoms with van der Waals surface area (Å²) in [6.07, 6.45) is 7.17. The zero-order valence-electron chi connectivity index (χ0n) is 15.8. The van der Waals surface area contributed by atoms with Gasteiger partial charge in [-0.1, -0.05) is 0 Å². The van der Waals surface area contributed by atoms with Crippen molar-refractivity contribution in [3.8, 4) is 11.3 Å². The first-order chi connectivity index (χ1) is 14.1. The highest BCUT2D eigenvalue weighted by atomic mass is 16.2. The van der Waals surface area contributed by atoms with Crippen molar-refractivity contribution in [2.24, 2.45) is 7.05 Å². The second-order valence-electron chi connectivity index (χ2n) is 7.18. The molecule has 2 bridgehead atoms. The van der Waals surface area contributed by atoms with Crippen molar-refractivity contribution in [2.75, 3.05) is 28.2 Å². The van der Waals surface area contributed by atoms with E-state index in [0.717, 1.165) is 30.8 Å². The summed E-state index contributed by atoms with van der Waals surface area (Å²) < 4.78 is 1.51. The monoisotopic (exact) mass is 389 g/mol. The van der Waals surface area contributed by atoms with Crippen LogP contribution in [0, 0.1) is 0 Å². The third kappa shape index (κ3) is 3.00. The molecule has 9 nitrogen and oxygen atoms in total. The fraction of sp³-hybridized carbons (Fsp3) is 0.250. The Labute approximate surface area is 166 Å². The molecule has 1 atom stereocenters. The fourth-order valence-corrected chi connectivity index (χ4v) is 3.87. The lowest BCUT2D eigenvalue weighted by Gasteiger charge is -2.35. The van der Waals surface area contributed by atoms with Gasteiger partial charge in [-0.05, 0) is 24.6 Å². The number of aromatic nitrogens is 4. The Bertz CT molecular complexity index is 1150. The average molecular weight is 389 g/mol. The van der Waals surface area contributed by atoms with Gasteiger partial charge < -0.3 is 9.47 Å². The van der Waals surface area contributed by atoms with Gasteiger partial charge >= 0.3 is 6.03 Å². The van der Waals surface area contributed by atoms with E-state index < -0.39 is 0 Å². The first kappa shape index (κ1) is 17.4. The smallest absolute Gasteiger partial charge is 0.329 e. The predicted octanol–water partition coefficient (Wildman–Crippen LogP) is 1.87. The lowest BCUT2D eigenvalue weighted by molar-refractivity contribution is 0.254. The van der Waals surface area contributed by atoms with Crippen molar-refractivity contribution in [3.05, 3.63) is 59.4 Å². The van der Waals surface area contributed by atoms with E-state index in [4.69, 9.17) is 4.98 Å². The molecule has 9 heteroatoms. The molecule has 2 amide bonds. The quantitative estimate of drug-likeness (QED) is 0.719. The summed E-state index contributed by atoms with van der Waals surface area (Å²) in [7, 11) is 1.70. The van der Waals surface area contributed by atoms with E-state index in [-0.39, 0.29) is 17.6 Å². The van der Waals surface area contributed by atoms with Gasteiger partial charge in [-0.15, -0.1) is 0 Å². The second kappa shape index (κ2) is 6.69. The summed E-state index contributed by atoms with van der Waals surface area (Å²) in [5.41, 5.74) is 2.18. The molecule has 0 spiro atoms. The molecule has 1 fully saturated rings. The number of aryl methyl sites for hydroxylation is 1. The highest BCUT2D eigenvalue weighted by Gasteiger charge is 2.40. The molecule has 0 unspecified atom stereocenters. The van der Waals surface area contributed by atoms with Crippen LogP contribution in [0.15, 0.2) is 53.8 Å². The van der Waals surface area contributed by atoms with E-state index >= 15 is 0 Å². The van der Waals surface area contributed by atoms with Gasteiger partial charge in [0.1, 0.15) is 0 Å². The molecule has 1 saturated heterocycles. The van der Waals surface area contributed by atoms with Gasteiger partial charge in [0.2, 0.25) is 0 Å². The maximum atomic E-state index is 13.1. The molecule has 5 rings (SSSR count). The van der Waals surface area contributed by atoms with Crippen LogP contribution < -0.4 is 20.7 Å². The molecular formula is C20H19N7O2. The van der Waals surface area contributed by atoms with Crippen molar-refractivity contribution in [1.29, 1.82) is 0 Å². The molecule has 0 radical (unpaired) electrons. The number of carbonyl (C=O) groups excluding carboxylic acids is 1. The normalized spacial score (nSPS) is 17.2. The predicted molar refractivity (Wildman–Crippen MR) is 109 cm³/mol. The van der Waals surface area contributed by atoms with E-state index in [1.54, 1.807) is 30.4 Å². The van der Waals surface area contributed by atoms with Crippen molar-refractivity contribution >= 4 is 23.4 Å². The van der Waals surface area contributed by atoms with Gasteiger partial charge in [-0.25, -0.2) is 14.8 Å². The highest BCUT2D eigenvalue weighted by molar-refractivity contribution is 6.04. The molecule has 2 aliphatic rings. The highest BCUT2D eigenvalue weighted by Crippen LogP contribution is 2.40. The van der Waals surface area contributed by atoms with Gasteiger partial charge in [0.25, 0.3) is 5.56 Å². The van der Waals surface area contributed by atoms with Crippen LogP contribution in [0.3, 0.4) is 0 Å². The second-order valence-corrected chi connectivity index (χ2v) is 7.18. The minimum atomic E-state index is -0.285. The molecule has 0 aromatic carbocycles. The van der Waals surface area contributed by atoms with Crippen LogP contribution in [0.4, 0.5) is 22.1 Å². The Morgan fingerprint density at radius 3 is 2.93 bits per heavy atom. The van der Waals surface area contributed by atoms with Gasteiger partial charge in [0.15, 0.2) is 11.6 Å². The number of carbonyl (C=O) groups is 1. The van der Waals surface area contributed by atoms with Crippen LogP contribution in [0.2, 0.25) is 0 Å². The maximum Gasteiger partial charge on any atom is 0.329 e. The van der Waals surface area contributed by atoms with E-state index in [1.165, 1.54) is 17.0 Å². The number of pyridine rings is 2. The lowest BCUT2D eigenvalue weighted by Crippen LogP contribution is -2.48. The molecule has 0 saturated carbocycles. The largest absolute Gasteiger partial charge is 0.366 e. The number of anilines is 3. The first-order valence-corrected chi connectivity index (χ1v) is 9.39. The molecule has 0 aliphatic carbocycles. The van der Waals surface area contributed by atoms with Crippen molar-refractivity contribution < 1.29 is 4.79 Å². The first-order valence-electron chi connectivity index (χ1n) is 9.39. The minimum absolute atomic E-state index is 0.0329. The summed E-state index contributed by atoms with van der Waals surface area (Å²) in [6.45, 7) is 1.65. The van der Waals surface area contributed by atoms with E-state index in [2.05, 4.69) is 20.2 Å². The van der Waals surface area contributed by atoms with Crippen LogP contribution in [0.25, 0.3) is 11.3 Å². The molecule has 3 aromatic heterocycles. The Morgan fingerprint density at radius 2 is 2.14 bits per heavy atom. The van der Waals surface area contributed by atoms with Gasteiger partial charge in [-0.3, -0.25) is 20.0 Å². The van der Waals surface area contributed by atoms with Crippen LogP contribution in [0.1, 0.15) is 6.42 Å². The third-order valence-electron chi connectivity index (χ3n) is 5.37. The molecular weight excluding hydrogens is 370 g/mol. The zero-order chi connectivity index (χ0) is 20.0. The Morgan fingerprint density at radius 1 is 1.24 bits per heavy atom. The Balaban J connectivity index is 1.55. The average Bonchev–Trinajstić information content (AvgIpc) is 3.15. The van der Waals surface area contributed by atoms with Gasteiger partial charge in [0.05, 0.1) is 23.6 Å². The summed E-state index contributed by atoms with van der Waals surface area (Å²) in [4.78, 5) is 42.0. The number of rotatable bonds is 2. The number of fused-ring (bicyclic) bond motifs is 4. The maximum absolute atomic E-state index is 13.1. The van der Waals surface area contributed by atoms with Crippen LogP contribution in [-0.4, -0.2) is 44.7 Å².